The summed E-state index contributed by atoms with van der Waals surface area (Å²) < 4.78 is 7.71. The summed E-state index contributed by atoms with van der Waals surface area (Å²) in [6, 6.07) is 8.18. The molecule has 19 heavy (non-hydrogen) atoms. The smallest absolute Gasteiger partial charge is 0.111 e. The van der Waals surface area contributed by atoms with Crippen LogP contribution in [0.3, 0.4) is 0 Å². The average Bonchev–Trinajstić information content (AvgIpc) is 2.71. The Morgan fingerprint density at radius 3 is 2.74 bits per heavy atom. The molecular formula is C14H22N4O. The molecule has 5 heteroatoms. The number of benzene rings is 1. The predicted octanol–water partition coefficient (Wildman–Crippen LogP) is 1.37. The van der Waals surface area contributed by atoms with Gasteiger partial charge >= 0.3 is 0 Å². The van der Waals surface area contributed by atoms with E-state index < -0.39 is 0 Å². The molecule has 0 aliphatic heterocycles. The zero-order valence-electron chi connectivity index (χ0n) is 11.8. The molecule has 3 N–H and O–H groups in total. The van der Waals surface area contributed by atoms with Gasteiger partial charge in [0.1, 0.15) is 5.82 Å². The highest BCUT2D eigenvalue weighted by atomic mass is 16.5. The van der Waals surface area contributed by atoms with E-state index in [0.29, 0.717) is 6.61 Å². The van der Waals surface area contributed by atoms with Crippen LogP contribution in [-0.2, 0) is 18.2 Å². The van der Waals surface area contributed by atoms with Crippen molar-refractivity contribution in [3.05, 3.63) is 30.1 Å². The molecule has 0 spiro atoms. The largest absolute Gasteiger partial charge is 0.377 e. The number of hydrogen-bond donors (Lipinski definition) is 2. The summed E-state index contributed by atoms with van der Waals surface area (Å²) in [6.45, 7) is 4.61. The summed E-state index contributed by atoms with van der Waals surface area (Å²) in [6.07, 6.45) is 0.949. The fourth-order valence-electron chi connectivity index (χ4n) is 2.07. The third kappa shape index (κ3) is 3.32. The highest BCUT2D eigenvalue weighted by Gasteiger charge is 2.14. The first kappa shape index (κ1) is 14.0. The first-order valence-electron chi connectivity index (χ1n) is 6.60. The van der Waals surface area contributed by atoms with Crippen molar-refractivity contribution in [2.75, 3.05) is 6.61 Å². The normalized spacial score (nSPS) is 13.3. The van der Waals surface area contributed by atoms with Gasteiger partial charge in [0, 0.05) is 13.5 Å². The van der Waals surface area contributed by atoms with Gasteiger partial charge in [-0.15, -0.1) is 0 Å². The van der Waals surface area contributed by atoms with E-state index in [0.717, 1.165) is 23.3 Å². The van der Waals surface area contributed by atoms with E-state index in [4.69, 9.17) is 10.6 Å². The molecule has 0 saturated heterocycles. The molecular weight excluding hydrogens is 240 g/mol. The van der Waals surface area contributed by atoms with Crippen molar-refractivity contribution < 1.29 is 4.74 Å². The minimum atomic E-state index is 0.0675. The molecule has 1 heterocycles. The van der Waals surface area contributed by atoms with Gasteiger partial charge < -0.3 is 9.30 Å². The number of imidazole rings is 1. The summed E-state index contributed by atoms with van der Waals surface area (Å²) >= 11 is 0. The van der Waals surface area contributed by atoms with Gasteiger partial charge in [0.05, 0.1) is 29.8 Å². The summed E-state index contributed by atoms with van der Waals surface area (Å²) in [5.41, 5.74) is 4.95. The van der Waals surface area contributed by atoms with Gasteiger partial charge in [-0.25, -0.2) is 4.98 Å². The molecule has 1 atom stereocenters. The SMILES string of the molecule is CC(C)OCC(Cc1nc2ccccc2n1C)NN. The summed E-state index contributed by atoms with van der Waals surface area (Å²) in [7, 11) is 2.03. The molecule has 0 aliphatic rings. The van der Waals surface area contributed by atoms with Gasteiger partial charge in [-0.05, 0) is 26.0 Å². The van der Waals surface area contributed by atoms with Gasteiger partial charge in [-0.2, -0.15) is 0 Å². The second-order valence-electron chi connectivity index (χ2n) is 5.03. The fourth-order valence-corrected chi connectivity index (χ4v) is 2.07. The number of nitrogens with one attached hydrogen (secondary N) is 1. The van der Waals surface area contributed by atoms with Crippen LogP contribution in [0.1, 0.15) is 19.7 Å². The Bertz CT molecular complexity index is 535. The number of rotatable bonds is 6. The molecule has 2 aromatic rings. The van der Waals surface area contributed by atoms with Crippen LogP contribution in [-0.4, -0.2) is 28.3 Å². The van der Waals surface area contributed by atoms with E-state index >= 15 is 0 Å². The van der Waals surface area contributed by atoms with Crippen LogP contribution in [0.4, 0.5) is 0 Å². The molecule has 104 valence electrons. The second-order valence-corrected chi connectivity index (χ2v) is 5.03. The second kappa shape index (κ2) is 6.14. The molecule has 1 aromatic carbocycles. The molecule has 5 nitrogen and oxygen atoms in total. The average molecular weight is 262 g/mol. The van der Waals surface area contributed by atoms with Crippen molar-refractivity contribution in [1.29, 1.82) is 0 Å². The lowest BCUT2D eigenvalue weighted by Crippen LogP contribution is -2.41. The first-order chi connectivity index (χ1) is 9.11. The maximum absolute atomic E-state index is 5.60. The number of para-hydroxylation sites is 2. The van der Waals surface area contributed by atoms with Crippen LogP contribution in [0.25, 0.3) is 11.0 Å². The zero-order chi connectivity index (χ0) is 13.8. The van der Waals surface area contributed by atoms with Crippen LogP contribution in [0.5, 0.6) is 0 Å². The number of hydrazine groups is 1. The van der Waals surface area contributed by atoms with E-state index in [1.54, 1.807) is 0 Å². The quantitative estimate of drug-likeness (QED) is 0.609. The molecule has 0 radical (unpaired) electrons. The number of hydrogen-bond acceptors (Lipinski definition) is 4. The van der Waals surface area contributed by atoms with Crippen molar-refractivity contribution in [3.63, 3.8) is 0 Å². The van der Waals surface area contributed by atoms with Crippen molar-refractivity contribution in [1.82, 2.24) is 15.0 Å². The molecule has 0 fully saturated rings. The van der Waals surface area contributed by atoms with Crippen LogP contribution >= 0.6 is 0 Å². The Morgan fingerprint density at radius 1 is 1.37 bits per heavy atom. The topological polar surface area (TPSA) is 65.1 Å². The van der Waals surface area contributed by atoms with E-state index in [2.05, 4.69) is 21.0 Å². The summed E-state index contributed by atoms with van der Waals surface area (Å²) in [5, 5.41) is 0. The van der Waals surface area contributed by atoms with E-state index in [1.807, 2.05) is 39.1 Å². The van der Waals surface area contributed by atoms with E-state index in [1.165, 1.54) is 0 Å². The lowest BCUT2D eigenvalue weighted by Gasteiger charge is -2.17. The van der Waals surface area contributed by atoms with Crippen LogP contribution in [0.15, 0.2) is 24.3 Å². The fraction of sp³-hybridized carbons (Fsp3) is 0.500. The van der Waals surface area contributed by atoms with Crippen molar-refractivity contribution in [2.45, 2.75) is 32.4 Å². The van der Waals surface area contributed by atoms with Gasteiger partial charge in [0.25, 0.3) is 0 Å². The molecule has 0 saturated carbocycles. The number of aromatic nitrogens is 2. The number of ether oxygens (including phenoxy) is 1. The standard InChI is InChI=1S/C14H22N4O/c1-10(2)19-9-11(17-15)8-14-16-12-6-4-5-7-13(12)18(14)3/h4-7,10-11,17H,8-9,15H2,1-3H3. The molecule has 0 amide bonds. The Kier molecular flexibility index (Phi) is 4.52. The number of fused-ring (bicyclic) bond motifs is 1. The van der Waals surface area contributed by atoms with Crippen LogP contribution in [0, 0.1) is 0 Å². The molecule has 1 unspecified atom stereocenters. The van der Waals surface area contributed by atoms with Crippen LogP contribution < -0.4 is 11.3 Å². The lowest BCUT2D eigenvalue weighted by molar-refractivity contribution is 0.0608. The predicted molar refractivity (Wildman–Crippen MR) is 76.6 cm³/mol. The third-order valence-corrected chi connectivity index (χ3v) is 3.18. The maximum atomic E-state index is 5.60. The van der Waals surface area contributed by atoms with Crippen LogP contribution in [0.2, 0.25) is 0 Å². The van der Waals surface area contributed by atoms with Gasteiger partial charge in [-0.1, -0.05) is 12.1 Å². The summed E-state index contributed by atoms with van der Waals surface area (Å²) in [5.74, 6) is 6.59. The molecule has 0 bridgehead atoms. The van der Waals surface area contributed by atoms with Gasteiger partial charge in [0.2, 0.25) is 0 Å². The Hall–Kier alpha value is -1.43. The maximum Gasteiger partial charge on any atom is 0.111 e. The first-order valence-corrected chi connectivity index (χ1v) is 6.60. The Balaban J connectivity index is 2.13. The number of nitrogens with zero attached hydrogens (tertiary/aromatic N) is 2. The zero-order valence-corrected chi connectivity index (χ0v) is 11.8. The molecule has 0 aliphatic carbocycles. The lowest BCUT2D eigenvalue weighted by atomic mass is 10.2. The Labute approximate surface area is 113 Å². The van der Waals surface area contributed by atoms with Crippen molar-refractivity contribution in [2.24, 2.45) is 12.9 Å². The molecule has 2 rings (SSSR count). The summed E-state index contributed by atoms with van der Waals surface area (Å²) in [4.78, 5) is 4.64. The number of aryl methyl sites for hydroxylation is 1. The number of nitrogens with two attached hydrogens (primary N) is 1. The molecule has 1 aromatic heterocycles. The van der Waals surface area contributed by atoms with Gasteiger partial charge in [-0.3, -0.25) is 11.3 Å². The van der Waals surface area contributed by atoms with E-state index in [-0.39, 0.29) is 12.1 Å². The highest BCUT2D eigenvalue weighted by molar-refractivity contribution is 5.75. The minimum Gasteiger partial charge on any atom is -0.377 e. The van der Waals surface area contributed by atoms with Crippen molar-refractivity contribution in [3.8, 4) is 0 Å². The third-order valence-electron chi connectivity index (χ3n) is 3.18. The Morgan fingerprint density at radius 2 is 2.11 bits per heavy atom. The minimum absolute atomic E-state index is 0.0675. The highest BCUT2D eigenvalue weighted by Crippen LogP contribution is 2.15. The van der Waals surface area contributed by atoms with E-state index in [9.17, 15) is 0 Å². The van der Waals surface area contributed by atoms with Gasteiger partial charge in [0.15, 0.2) is 0 Å². The monoisotopic (exact) mass is 262 g/mol. The van der Waals surface area contributed by atoms with Crippen molar-refractivity contribution >= 4 is 11.0 Å².